The average Bonchev–Trinajstić information content (AvgIpc) is 2.59. The molecule has 0 spiro atoms. The lowest BCUT2D eigenvalue weighted by atomic mass is 10.1. The Labute approximate surface area is 144 Å². The first-order valence-corrected chi connectivity index (χ1v) is 7.55. The van der Waals surface area contributed by atoms with Crippen LogP contribution in [0.25, 0.3) is 6.08 Å². The molecular weight excluding hydrogens is 326 g/mol. The van der Waals surface area contributed by atoms with Crippen LogP contribution in [0.4, 0.5) is 0 Å². The number of aromatic hydroxyl groups is 1. The summed E-state index contributed by atoms with van der Waals surface area (Å²) in [5.74, 6) is -0.311. The molecule has 0 radical (unpaired) electrons. The van der Waals surface area contributed by atoms with Gasteiger partial charge < -0.3 is 9.84 Å². The van der Waals surface area contributed by atoms with E-state index >= 15 is 0 Å². The Morgan fingerprint density at radius 1 is 1.08 bits per heavy atom. The highest BCUT2D eigenvalue weighted by atomic mass is 17.1. The second-order valence-corrected chi connectivity index (χ2v) is 5.19. The number of hydrogen-bond donors (Lipinski definition) is 3. The number of hydrogen-bond acceptors (Lipinski definition) is 7. The summed E-state index contributed by atoms with van der Waals surface area (Å²) in [6.07, 6.45) is 3.40. The van der Waals surface area contributed by atoms with Crippen LogP contribution in [0.3, 0.4) is 0 Å². The summed E-state index contributed by atoms with van der Waals surface area (Å²) >= 11 is 0. The van der Waals surface area contributed by atoms with Crippen LogP contribution in [-0.4, -0.2) is 33.5 Å². The molecule has 0 aliphatic heterocycles. The summed E-state index contributed by atoms with van der Waals surface area (Å²) in [7, 11) is 0. The zero-order valence-corrected chi connectivity index (χ0v) is 13.4. The summed E-state index contributed by atoms with van der Waals surface area (Å²) < 4.78 is 5.18. The fourth-order valence-corrected chi connectivity index (χ4v) is 2.07. The van der Waals surface area contributed by atoms with Gasteiger partial charge in [-0.1, -0.05) is 36.4 Å². The zero-order valence-electron chi connectivity index (χ0n) is 13.4. The van der Waals surface area contributed by atoms with Gasteiger partial charge in [-0.05, 0) is 41.3 Å². The van der Waals surface area contributed by atoms with Gasteiger partial charge in [0.15, 0.2) is 0 Å². The minimum Gasteiger partial charge on any atom is -0.508 e. The molecule has 3 N–H and O–H groups in total. The summed E-state index contributed by atoms with van der Waals surface area (Å²) in [6, 6.07) is 13.8. The highest BCUT2D eigenvalue weighted by Gasteiger charge is 2.02. The van der Waals surface area contributed by atoms with Crippen molar-refractivity contribution in [2.45, 2.75) is 13.0 Å². The molecule has 7 nitrogen and oxygen atoms in total. The highest BCUT2D eigenvalue weighted by Crippen LogP contribution is 2.11. The lowest BCUT2D eigenvalue weighted by Gasteiger charge is -2.08. The van der Waals surface area contributed by atoms with Gasteiger partial charge in [-0.3, -0.25) is 15.3 Å². The molecular formula is C18H19NO6. The SMILES string of the molecule is O=C(/C=C/c1ccc(O)cc1)OCc1cccc(CCON(O)O)c1. The number of carbonyl (C=O) groups is 1. The topological polar surface area (TPSA) is 99.5 Å². The van der Waals surface area contributed by atoms with Crippen molar-refractivity contribution in [3.8, 4) is 5.75 Å². The smallest absolute Gasteiger partial charge is 0.331 e. The van der Waals surface area contributed by atoms with Crippen LogP contribution in [0.5, 0.6) is 5.75 Å². The maximum Gasteiger partial charge on any atom is 0.331 e. The maximum absolute atomic E-state index is 11.7. The van der Waals surface area contributed by atoms with Crippen molar-refractivity contribution in [3.63, 3.8) is 0 Å². The molecule has 0 saturated heterocycles. The van der Waals surface area contributed by atoms with Gasteiger partial charge in [0, 0.05) is 6.08 Å². The first kappa shape index (κ1) is 18.6. The fraction of sp³-hybridized carbons (Fsp3) is 0.167. The third kappa shape index (κ3) is 7.15. The van der Waals surface area contributed by atoms with E-state index < -0.39 is 5.97 Å². The van der Waals surface area contributed by atoms with Crippen molar-refractivity contribution in [1.82, 2.24) is 5.39 Å². The van der Waals surface area contributed by atoms with Gasteiger partial charge in [-0.15, -0.1) is 0 Å². The van der Waals surface area contributed by atoms with Gasteiger partial charge in [0.2, 0.25) is 0 Å². The van der Waals surface area contributed by atoms with E-state index in [4.69, 9.17) is 15.2 Å². The van der Waals surface area contributed by atoms with Crippen molar-refractivity contribution < 1.29 is 29.9 Å². The van der Waals surface area contributed by atoms with E-state index in [1.54, 1.807) is 18.2 Å². The van der Waals surface area contributed by atoms with E-state index in [-0.39, 0.29) is 24.4 Å². The molecule has 2 aromatic rings. The second kappa shape index (κ2) is 9.55. The van der Waals surface area contributed by atoms with Crippen LogP contribution in [-0.2, 0) is 27.4 Å². The Bertz CT molecular complexity index is 712. The number of rotatable bonds is 8. The van der Waals surface area contributed by atoms with Crippen molar-refractivity contribution >= 4 is 12.0 Å². The molecule has 7 heteroatoms. The number of nitrogens with zero attached hydrogens (tertiary/aromatic N) is 1. The van der Waals surface area contributed by atoms with Crippen molar-refractivity contribution in [1.29, 1.82) is 0 Å². The zero-order chi connectivity index (χ0) is 18.1. The van der Waals surface area contributed by atoms with Gasteiger partial charge in [0.25, 0.3) is 0 Å². The molecule has 0 heterocycles. The second-order valence-electron chi connectivity index (χ2n) is 5.19. The Kier molecular flexibility index (Phi) is 7.12. The van der Waals surface area contributed by atoms with Crippen molar-refractivity contribution in [2.75, 3.05) is 6.61 Å². The van der Waals surface area contributed by atoms with Gasteiger partial charge in [0.1, 0.15) is 12.4 Å². The van der Waals surface area contributed by atoms with Crippen LogP contribution in [0.1, 0.15) is 16.7 Å². The summed E-state index contributed by atoms with van der Waals surface area (Å²) in [6.45, 7) is 0.227. The van der Waals surface area contributed by atoms with Gasteiger partial charge in [-0.2, -0.15) is 0 Å². The fourth-order valence-electron chi connectivity index (χ4n) is 2.07. The maximum atomic E-state index is 11.7. The van der Waals surface area contributed by atoms with E-state index in [1.807, 2.05) is 24.3 Å². The summed E-state index contributed by atoms with van der Waals surface area (Å²) in [5, 5.41) is 25.8. The van der Waals surface area contributed by atoms with Crippen LogP contribution >= 0.6 is 0 Å². The molecule has 25 heavy (non-hydrogen) atoms. The molecule has 0 amide bonds. The summed E-state index contributed by atoms with van der Waals surface area (Å²) in [4.78, 5) is 16.2. The Morgan fingerprint density at radius 2 is 1.80 bits per heavy atom. The predicted molar refractivity (Wildman–Crippen MR) is 88.4 cm³/mol. The minimum atomic E-state index is -0.474. The number of benzene rings is 2. The largest absolute Gasteiger partial charge is 0.508 e. The predicted octanol–water partition coefficient (Wildman–Crippen LogP) is 2.70. The van der Waals surface area contributed by atoms with Crippen molar-refractivity contribution in [2.24, 2.45) is 0 Å². The quantitative estimate of drug-likeness (QED) is 0.384. The third-order valence-corrected chi connectivity index (χ3v) is 3.27. The van der Waals surface area contributed by atoms with Crippen LogP contribution < -0.4 is 0 Å². The van der Waals surface area contributed by atoms with Crippen molar-refractivity contribution in [3.05, 3.63) is 71.3 Å². The molecule has 2 aromatic carbocycles. The normalized spacial score (nSPS) is 11.2. The molecule has 0 aliphatic rings. The lowest BCUT2D eigenvalue weighted by molar-refractivity contribution is -0.492. The van der Waals surface area contributed by atoms with Crippen LogP contribution in [0.2, 0.25) is 0 Å². The van der Waals surface area contributed by atoms with Crippen LogP contribution in [0.15, 0.2) is 54.6 Å². The number of carbonyl (C=O) groups excluding carboxylic acids is 1. The standard InChI is InChI=1S/C18H19NO6/c20-17-7-4-14(5-8-17)6-9-18(21)24-13-16-3-1-2-15(12-16)10-11-25-19(22)23/h1-9,12,20,22-23H,10-11,13H2/b9-6+. The number of esters is 1. The molecule has 0 aromatic heterocycles. The Hall–Kier alpha value is -2.71. The van der Waals surface area contributed by atoms with Crippen LogP contribution in [0, 0.1) is 0 Å². The lowest BCUT2D eigenvalue weighted by Crippen LogP contribution is -2.16. The molecule has 0 unspecified atom stereocenters. The highest BCUT2D eigenvalue weighted by molar-refractivity contribution is 5.87. The van der Waals surface area contributed by atoms with E-state index in [9.17, 15) is 9.90 Å². The molecule has 0 atom stereocenters. The molecule has 0 aliphatic carbocycles. The average molecular weight is 345 g/mol. The minimum absolute atomic E-state index is 0.103. The monoisotopic (exact) mass is 345 g/mol. The molecule has 2 rings (SSSR count). The van der Waals surface area contributed by atoms with Gasteiger partial charge in [0.05, 0.1) is 12.0 Å². The van der Waals surface area contributed by atoms with Gasteiger partial charge in [-0.25, -0.2) is 4.79 Å². The Morgan fingerprint density at radius 3 is 2.52 bits per heavy atom. The summed E-state index contributed by atoms with van der Waals surface area (Å²) in [5.41, 5.74) is 2.50. The Balaban J connectivity index is 1.81. The molecule has 0 bridgehead atoms. The number of phenolic OH excluding ortho intramolecular Hbond substituents is 1. The molecule has 0 fully saturated rings. The van der Waals surface area contributed by atoms with E-state index in [2.05, 4.69) is 4.84 Å². The van der Waals surface area contributed by atoms with Gasteiger partial charge >= 0.3 is 5.97 Å². The van der Waals surface area contributed by atoms with E-state index in [0.717, 1.165) is 16.7 Å². The molecule has 132 valence electrons. The molecule has 0 saturated carbocycles. The van der Waals surface area contributed by atoms with E-state index in [1.165, 1.54) is 18.2 Å². The first-order valence-electron chi connectivity index (χ1n) is 7.55. The number of ether oxygens (including phenoxy) is 1. The number of phenols is 1. The first-order chi connectivity index (χ1) is 12.0. The third-order valence-electron chi connectivity index (χ3n) is 3.27. The van der Waals surface area contributed by atoms with E-state index in [0.29, 0.717) is 6.42 Å².